The normalized spacial score (nSPS) is 17.0. The van der Waals surface area contributed by atoms with Crippen LogP contribution in [0.5, 0.6) is 0 Å². The molecule has 6 nitrogen and oxygen atoms in total. The summed E-state index contributed by atoms with van der Waals surface area (Å²) >= 11 is 0. The second-order valence-corrected chi connectivity index (χ2v) is 5.50. The highest BCUT2D eigenvalue weighted by Crippen LogP contribution is 2.29. The Morgan fingerprint density at radius 1 is 1.29 bits per heavy atom. The molecule has 1 aliphatic carbocycles. The maximum Gasteiger partial charge on any atom is 0.329 e. The van der Waals surface area contributed by atoms with Crippen molar-refractivity contribution in [2.45, 2.75) is 37.8 Å². The van der Waals surface area contributed by atoms with Gasteiger partial charge in [0.1, 0.15) is 12.1 Å². The van der Waals surface area contributed by atoms with Crippen LogP contribution in [0.4, 0.5) is 0 Å². The van der Waals surface area contributed by atoms with Crippen LogP contribution in [0.25, 0.3) is 11.0 Å². The summed E-state index contributed by atoms with van der Waals surface area (Å²) in [4.78, 5) is 27.9. The first-order chi connectivity index (χ1) is 10.1. The summed E-state index contributed by atoms with van der Waals surface area (Å²) in [6, 6.07) is 7.53. The van der Waals surface area contributed by atoms with E-state index in [1.54, 1.807) is 10.9 Å². The third-order valence-corrected chi connectivity index (χ3v) is 4.09. The molecule has 110 valence electrons. The number of rotatable bonds is 4. The monoisotopic (exact) mass is 287 g/mol. The first-order valence-electron chi connectivity index (χ1n) is 7.05. The molecule has 0 bridgehead atoms. The van der Waals surface area contributed by atoms with E-state index < -0.39 is 11.5 Å². The number of aliphatic carboxylic acids is 1. The summed E-state index contributed by atoms with van der Waals surface area (Å²) in [6.45, 7) is 0.0789. The maximum absolute atomic E-state index is 12.2. The molecule has 1 aromatic heterocycles. The topological polar surface area (TPSA) is 84.2 Å². The number of hydrogen-bond acceptors (Lipinski definition) is 3. The van der Waals surface area contributed by atoms with Crippen molar-refractivity contribution in [3.8, 4) is 0 Å². The van der Waals surface area contributed by atoms with Crippen LogP contribution in [0.2, 0.25) is 0 Å². The van der Waals surface area contributed by atoms with E-state index in [4.69, 9.17) is 0 Å². The van der Waals surface area contributed by atoms with E-state index in [1.807, 2.05) is 24.3 Å². The molecule has 3 rings (SSSR count). The molecule has 1 heterocycles. The van der Waals surface area contributed by atoms with Crippen LogP contribution >= 0.6 is 0 Å². The molecule has 1 aliphatic rings. The molecule has 21 heavy (non-hydrogen) atoms. The van der Waals surface area contributed by atoms with Gasteiger partial charge in [-0.1, -0.05) is 25.0 Å². The number of amides is 1. The van der Waals surface area contributed by atoms with Gasteiger partial charge in [0.05, 0.1) is 17.4 Å². The lowest BCUT2D eigenvalue weighted by molar-refractivity contribution is -0.147. The van der Waals surface area contributed by atoms with Gasteiger partial charge >= 0.3 is 5.97 Å². The Hall–Kier alpha value is -2.37. The predicted octanol–water partition coefficient (Wildman–Crippen LogP) is 1.55. The van der Waals surface area contributed by atoms with Crippen LogP contribution in [-0.2, 0) is 16.1 Å². The number of carboxylic acid groups (broad SMARTS) is 1. The molecular formula is C15H17N3O3. The van der Waals surface area contributed by atoms with E-state index >= 15 is 0 Å². The number of carbonyl (C=O) groups is 2. The average molecular weight is 287 g/mol. The summed E-state index contributed by atoms with van der Waals surface area (Å²) in [5.41, 5.74) is 0.593. The van der Waals surface area contributed by atoms with E-state index in [9.17, 15) is 14.7 Å². The van der Waals surface area contributed by atoms with Gasteiger partial charge in [0, 0.05) is 0 Å². The molecule has 2 N–H and O–H groups in total. The van der Waals surface area contributed by atoms with Crippen molar-refractivity contribution in [1.82, 2.24) is 14.9 Å². The molecular weight excluding hydrogens is 270 g/mol. The van der Waals surface area contributed by atoms with E-state index in [-0.39, 0.29) is 12.5 Å². The molecule has 0 unspecified atom stereocenters. The second-order valence-electron chi connectivity index (χ2n) is 5.50. The fourth-order valence-electron chi connectivity index (χ4n) is 2.97. The van der Waals surface area contributed by atoms with Gasteiger partial charge < -0.3 is 15.0 Å². The second kappa shape index (κ2) is 5.20. The lowest BCUT2D eigenvalue weighted by Gasteiger charge is -2.25. The molecule has 1 saturated carbocycles. The average Bonchev–Trinajstić information content (AvgIpc) is 3.08. The minimum atomic E-state index is -1.09. The number of imidazole rings is 1. The van der Waals surface area contributed by atoms with E-state index in [2.05, 4.69) is 10.3 Å². The summed E-state index contributed by atoms with van der Waals surface area (Å²) in [5.74, 6) is -1.23. The van der Waals surface area contributed by atoms with Crippen LogP contribution in [0.1, 0.15) is 25.7 Å². The zero-order valence-corrected chi connectivity index (χ0v) is 11.6. The van der Waals surface area contributed by atoms with Crippen LogP contribution in [-0.4, -0.2) is 32.1 Å². The third-order valence-electron chi connectivity index (χ3n) is 4.09. The number of para-hydroxylation sites is 2. The quantitative estimate of drug-likeness (QED) is 0.893. The Labute approximate surface area is 121 Å². The molecule has 1 fully saturated rings. The molecule has 0 atom stereocenters. The Morgan fingerprint density at radius 2 is 2.00 bits per heavy atom. The SMILES string of the molecule is O=C(Cn1cnc2ccccc21)NC1(C(=O)O)CCCC1. The fourth-order valence-corrected chi connectivity index (χ4v) is 2.97. The number of nitrogens with zero attached hydrogens (tertiary/aromatic N) is 2. The van der Waals surface area contributed by atoms with Gasteiger partial charge in [-0.05, 0) is 25.0 Å². The molecule has 0 spiro atoms. The standard InChI is InChI=1S/C15H17N3O3/c19-13(17-15(14(20)21)7-3-4-8-15)9-18-10-16-11-5-1-2-6-12(11)18/h1-2,5-6,10H,3-4,7-9H2,(H,17,19)(H,20,21). The fraction of sp³-hybridized carbons (Fsp3) is 0.400. The maximum atomic E-state index is 12.2. The van der Waals surface area contributed by atoms with Gasteiger partial charge in [-0.2, -0.15) is 0 Å². The van der Waals surface area contributed by atoms with Gasteiger partial charge in [0.25, 0.3) is 0 Å². The van der Waals surface area contributed by atoms with Gasteiger partial charge in [-0.25, -0.2) is 9.78 Å². The van der Waals surface area contributed by atoms with E-state index in [0.29, 0.717) is 12.8 Å². The smallest absolute Gasteiger partial charge is 0.329 e. The zero-order valence-electron chi connectivity index (χ0n) is 11.6. The van der Waals surface area contributed by atoms with Crippen molar-refractivity contribution in [3.63, 3.8) is 0 Å². The number of aromatic nitrogens is 2. The van der Waals surface area contributed by atoms with Crippen LogP contribution in [0, 0.1) is 0 Å². The van der Waals surface area contributed by atoms with Gasteiger partial charge in [0.2, 0.25) is 5.91 Å². The number of hydrogen-bond donors (Lipinski definition) is 2. The van der Waals surface area contributed by atoms with E-state index in [0.717, 1.165) is 23.9 Å². The summed E-state index contributed by atoms with van der Waals surface area (Å²) in [6.07, 6.45) is 4.27. The molecule has 6 heteroatoms. The summed E-state index contributed by atoms with van der Waals surface area (Å²) < 4.78 is 1.73. The highest BCUT2D eigenvalue weighted by Gasteiger charge is 2.42. The summed E-state index contributed by atoms with van der Waals surface area (Å²) in [7, 11) is 0. The predicted molar refractivity (Wildman–Crippen MR) is 76.7 cm³/mol. The molecule has 2 aromatic rings. The van der Waals surface area contributed by atoms with Gasteiger partial charge in [-0.3, -0.25) is 4.79 Å². The van der Waals surface area contributed by atoms with Crippen molar-refractivity contribution in [1.29, 1.82) is 0 Å². The van der Waals surface area contributed by atoms with Gasteiger partial charge in [0.15, 0.2) is 0 Å². The Bertz CT molecular complexity index is 686. The highest BCUT2D eigenvalue weighted by atomic mass is 16.4. The minimum absolute atomic E-state index is 0.0789. The number of carboxylic acids is 1. The molecule has 1 aromatic carbocycles. The Kier molecular flexibility index (Phi) is 3.37. The number of nitrogens with one attached hydrogen (secondary N) is 1. The Morgan fingerprint density at radius 3 is 2.71 bits per heavy atom. The minimum Gasteiger partial charge on any atom is -0.480 e. The first-order valence-corrected chi connectivity index (χ1v) is 7.05. The van der Waals surface area contributed by atoms with E-state index in [1.165, 1.54) is 0 Å². The van der Waals surface area contributed by atoms with Crippen molar-refractivity contribution in [2.75, 3.05) is 0 Å². The van der Waals surface area contributed by atoms with Crippen LogP contribution in [0.15, 0.2) is 30.6 Å². The third kappa shape index (κ3) is 2.49. The lowest BCUT2D eigenvalue weighted by atomic mass is 9.98. The summed E-state index contributed by atoms with van der Waals surface area (Å²) in [5, 5.41) is 12.1. The lowest BCUT2D eigenvalue weighted by Crippen LogP contribution is -2.53. The number of carbonyl (C=O) groups excluding carboxylic acids is 1. The Balaban J connectivity index is 1.76. The molecule has 0 aliphatic heterocycles. The van der Waals surface area contributed by atoms with Crippen molar-refractivity contribution >= 4 is 22.9 Å². The van der Waals surface area contributed by atoms with Crippen molar-refractivity contribution in [3.05, 3.63) is 30.6 Å². The zero-order chi connectivity index (χ0) is 14.9. The van der Waals surface area contributed by atoms with Gasteiger partial charge in [-0.15, -0.1) is 0 Å². The molecule has 0 radical (unpaired) electrons. The van der Waals surface area contributed by atoms with Crippen LogP contribution in [0.3, 0.4) is 0 Å². The molecule has 0 saturated heterocycles. The first kappa shape index (κ1) is 13.6. The number of benzene rings is 1. The number of fused-ring (bicyclic) bond motifs is 1. The largest absolute Gasteiger partial charge is 0.480 e. The van der Waals surface area contributed by atoms with Crippen LogP contribution < -0.4 is 5.32 Å². The van der Waals surface area contributed by atoms with Crippen molar-refractivity contribution in [2.24, 2.45) is 0 Å². The van der Waals surface area contributed by atoms with Crippen molar-refractivity contribution < 1.29 is 14.7 Å². The molecule has 1 amide bonds. The highest BCUT2D eigenvalue weighted by molar-refractivity contribution is 5.88.